The van der Waals surface area contributed by atoms with Crippen LogP contribution >= 0.6 is 27.5 Å². The highest BCUT2D eigenvalue weighted by Gasteiger charge is 2.16. The molecule has 152 valence electrons. The minimum atomic E-state index is -0.436. The number of aromatic nitrogens is 2. The van der Waals surface area contributed by atoms with Crippen molar-refractivity contribution in [1.82, 2.24) is 9.78 Å². The summed E-state index contributed by atoms with van der Waals surface area (Å²) in [5, 5.41) is 7.38. The molecular weight excluding hydrogens is 470 g/mol. The quantitative estimate of drug-likeness (QED) is 0.360. The van der Waals surface area contributed by atoms with Crippen molar-refractivity contribution in [2.45, 2.75) is 13.2 Å². The van der Waals surface area contributed by atoms with Crippen LogP contribution in [0.4, 0.5) is 5.82 Å². The Kier molecular flexibility index (Phi) is 6.21. The zero-order valence-electron chi connectivity index (χ0n) is 15.7. The Bertz CT molecular complexity index is 1160. The van der Waals surface area contributed by atoms with E-state index < -0.39 is 5.91 Å². The molecular formula is C22H17BrClN3O3. The summed E-state index contributed by atoms with van der Waals surface area (Å²) in [4.78, 5) is 12.5. The molecule has 6 nitrogen and oxygen atoms in total. The summed E-state index contributed by atoms with van der Waals surface area (Å²) in [7, 11) is 0. The number of hydrogen-bond acceptors (Lipinski definition) is 4. The van der Waals surface area contributed by atoms with Crippen molar-refractivity contribution >= 4 is 39.3 Å². The van der Waals surface area contributed by atoms with E-state index in [0.29, 0.717) is 23.1 Å². The van der Waals surface area contributed by atoms with Crippen LogP contribution in [-0.4, -0.2) is 15.7 Å². The number of rotatable bonds is 7. The molecule has 0 spiro atoms. The van der Waals surface area contributed by atoms with Gasteiger partial charge in [-0.3, -0.25) is 9.48 Å². The molecule has 2 aromatic heterocycles. The van der Waals surface area contributed by atoms with Gasteiger partial charge in [-0.1, -0.05) is 54.1 Å². The lowest BCUT2D eigenvalue weighted by molar-refractivity contribution is 0.0992. The number of carbonyl (C=O) groups is 1. The maximum absolute atomic E-state index is 12.5. The van der Waals surface area contributed by atoms with Crippen LogP contribution in [-0.2, 0) is 13.2 Å². The number of furan rings is 1. The smallest absolute Gasteiger partial charge is 0.292 e. The van der Waals surface area contributed by atoms with Gasteiger partial charge in [-0.25, -0.2) is 0 Å². The molecule has 0 saturated heterocycles. The van der Waals surface area contributed by atoms with Gasteiger partial charge in [0, 0.05) is 6.20 Å². The SMILES string of the molecule is O=C(Nc1nn(Cc2ccccc2)cc1Cl)c1ccc(COc2ccccc2Br)o1. The number of ether oxygens (including phenoxy) is 1. The third-order valence-electron chi connectivity index (χ3n) is 4.23. The Labute approximate surface area is 186 Å². The van der Waals surface area contributed by atoms with E-state index in [4.69, 9.17) is 20.8 Å². The van der Waals surface area contributed by atoms with E-state index in [9.17, 15) is 4.79 Å². The summed E-state index contributed by atoms with van der Waals surface area (Å²) >= 11 is 9.65. The molecule has 0 aliphatic rings. The van der Waals surface area contributed by atoms with Gasteiger partial charge in [0.25, 0.3) is 5.91 Å². The lowest BCUT2D eigenvalue weighted by atomic mass is 10.2. The average molecular weight is 487 g/mol. The first-order valence-corrected chi connectivity index (χ1v) is 10.3. The van der Waals surface area contributed by atoms with Gasteiger partial charge in [0.05, 0.1) is 11.0 Å². The molecule has 0 atom stereocenters. The maximum atomic E-state index is 12.5. The Morgan fingerprint density at radius 1 is 1.10 bits per heavy atom. The number of nitrogens with one attached hydrogen (secondary N) is 1. The molecule has 0 aliphatic carbocycles. The van der Waals surface area contributed by atoms with E-state index in [1.165, 1.54) is 0 Å². The van der Waals surface area contributed by atoms with Gasteiger partial charge in [-0.05, 0) is 45.8 Å². The lowest BCUT2D eigenvalue weighted by Crippen LogP contribution is -2.12. The molecule has 2 heterocycles. The van der Waals surface area contributed by atoms with Gasteiger partial charge in [0.1, 0.15) is 23.1 Å². The second-order valence-corrected chi connectivity index (χ2v) is 7.71. The van der Waals surface area contributed by atoms with Crippen LogP contribution < -0.4 is 10.1 Å². The topological polar surface area (TPSA) is 69.3 Å². The molecule has 2 aromatic carbocycles. The minimum absolute atomic E-state index is 0.148. The van der Waals surface area contributed by atoms with E-state index in [-0.39, 0.29) is 18.2 Å². The third kappa shape index (κ3) is 4.93. The fraction of sp³-hybridized carbons (Fsp3) is 0.0909. The van der Waals surface area contributed by atoms with E-state index in [1.54, 1.807) is 23.0 Å². The molecule has 0 aliphatic heterocycles. The van der Waals surface area contributed by atoms with Crippen LogP contribution in [0.2, 0.25) is 5.02 Å². The van der Waals surface area contributed by atoms with Gasteiger partial charge in [0.2, 0.25) is 0 Å². The maximum Gasteiger partial charge on any atom is 0.292 e. The summed E-state index contributed by atoms with van der Waals surface area (Å²) in [6.45, 7) is 0.746. The minimum Gasteiger partial charge on any atom is -0.484 e. The van der Waals surface area contributed by atoms with Crippen molar-refractivity contribution in [3.63, 3.8) is 0 Å². The molecule has 4 aromatic rings. The van der Waals surface area contributed by atoms with E-state index in [0.717, 1.165) is 10.0 Å². The fourth-order valence-corrected chi connectivity index (χ4v) is 3.39. The molecule has 30 heavy (non-hydrogen) atoms. The van der Waals surface area contributed by atoms with Crippen molar-refractivity contribution in [3.05, 3.63) is 99.5 Å². The first-order valence-electron chi connectivity index (χ1n) is 9.13. The highest BCUT2D eigenvalue weighted by atomic mass is 79.9. The van der Waals surface area contributed by atoms with Crippen LogP contribution in [0.5, 0.6) is 5.75 Å². The van der Waals surface area contributed by atoms with Crippen molar-refractivity contribution in [2.75, 3.05) is 5.32 Å². The zero-order valence-corrected chi connectivity index (χ0v) is 18.1. The van der Waals surface area contributed by atoms with Gasteiger partial charge < -0.3 is 14.5 Å². The average Bonchev–Trinajstić information content (AvgIpc) is 3.35. The monoisotopic (exact) mass is 485 g/mol. The first kappa shape index (κ1) is 20.3. The molecule has 0 bridgehead atoms. The molecule has 1 N–H and O–H groups in total. The molecule has 0 unspecified atom stereocenters. The Morgan fingerprint density at radius 2 is 1.87 bits per heavy atom. The number of hydrogen-bond donors (Lipinski definition) is 1. The summed E-state index contributed by atoms with van der Waals surface area (Å²) in [5.41, 5.74) is 1.08. The van der Waals surface area contributed by atoms with E-state index in [1.807, 2.05) is 54.6 Å². The third-order valence-corrected chi connectivity index (χ3v) is 5.16. The number of anilines is 1. The van der Waals surface area contributed by atoms with E-state index in [2.05, 4.69) is 26.3 Å². The van der Waals surface area contributed by atoms with Crippen LogP contribution in [0.1, 0.15) is 21.9 Å². The van der Waals surface area contributed by atoms with Gasteiger partial charge in [-0.15, -0.1) is 0 Å². The second kappa shape index (κ2) is 9.19. The number of benzene rings is 2. The Balaban J connectivity index is 1.38. The molecule has 0 saturated carbocycles. The predicted octanol–water partition coefficient (Wildman–Crippen LogP) is 5.77. The highest BCUT2D eigenvalue weighted by Crippen LogP contribution is 2.25. The standard InChI is InChI=1S/C22H17BrClN3O3/c23-17-8-4-5-9-19(17)29-14-16-10-11-20(30-16)22(28)25-21-18(24)13-27(26-21)12-15-6-2-1-3-7-15/h1-11,13H,12,14H2,(H,25,26,28). The van der Waals surface area contributed by atoms with Crippen molar-refractivity contribution in [2.24, 2.45) is 0 Å². The fourth-order valence-electron chi connectivity index (χ4n) is 2.79. The summed E-state index contributed by atoms with van der Waals surface area (Å²) in [6.07, 6.45) is 1.67. The summed E-state index contributed by atoms with van der Waals surface area (Å²) < 4.78 is 13.8. The van der Waals surface area contributed by atoms with Crippen molar-refractivity contribution < 1.29 is 13.9 Å². The number of amides is 1. The molecule has 0 radical (unpaired) electrons. The van der Waals surface area contributed by atoms with Crippen LogP contribution in [0.15, 0.2) is 81.8 Å². The lowest BCUT2D eigenvalue weighted by Gasteiger charge is -2.05. The normalized spacial score (nSPS) is 10.7. The molecule has 1 amide bonds. The van der Waals surface area contributed by atoms with Crippen LogP contribution in [0, 0.1) is 0 Å². The van der Waals surface area contributed by atoms with Crippen LogP contribution in [0.25, 0.3) is 0 Å². The van der Waals surface area contributed by atoms with Gasteiger partial charge in [-0.2, -0.15) is 5.10 Å². The number of halogens is 2. The Hall–Kier alpha value is -3.03. The Morgan fingerprint density at radius 3 is 2.67 bits per heavy atom. The molecule has 4 rings (SSSR count). The predicted molar refractivity (Wildman–Crippen MR) is 118 cm³/mol. The van der Waals surface area contributed by atoms with Crippen molar-refractivity contribution in [3.8, 4) is 5.75 Å². The van der Waals surface area contributed by atoms with Crippen LogP contribution in [0.3, 0.4) is 0 Å². The molecule has 0 fully saturated rings. The number of nitrogens with zero attached hydrogens (tertiary/aromatic N) is 2. The second-order valence-electron chi connectivity index (χ2n) is 6.45. The van der Waals surface area contributed by atoms with E-state index >= 15 is 0 Å². The summed E-state index contributed by atoms with van der Waals surface area (Å²) in [5.74, 6) is 1.20. The van der Waals surface area contributed by atoms with Gasteiger partial charge in [0.15, 0.2) is 11.6 Å². The van der Waals surface area contributed by atoms with Crippen molar-refractivity contribution in [1.29, 1.82) is 0 Å². The number of carbonyl (C=O) groups excluding carboxylic acids is 1. The molecule has 8 heteroatoms. The zero-order chi connectivity index (χ0) is 20.9. The first-order chi connectivity index (χ1) is 14.6. The largest absolute Gasteiger partial charge is 0.484 e. The van der Waals surface area contributed by atoms with Gasteiger partial charge >= 0.3 is 0 Å². The summed E-state index contributed by atoms with van der Waals surface area (Å²) in [6, 6.07) is 20.6. The number of para-hydroxylation sites is 1. The highest BCUT2D eigenvalue weighted by molar-refractivity contribution is 9.10.